The van der Waals surface area contributed by atoms with Gasteiger partial charge in [-0.25, -0.2) is 0 Å². The Morgan fingerprint density at radius 3 is 2.83 bits per heavy atom. The molecule has 1 unspecified atom stereocenters. The van der Waals surface area contributed by atoms with Crippen LogP contribution in [-0.4, -0.2) is 22.7 Å². The molecule has 1 aromatic heterocycles. The Kier molecular flexibility index (Phi) is 3.19. The summed E-state index contributed by atoms with van der Waals surface area (Å²) in [6, 6.07) is 3.89. The molecule has 1 rings (SSSR count). The van der Waals surface area contributed by atoms with Crippen LogP contribution in [0.4, 0.5) is 0 Å². The lowest BCUT2D eigenvalue weighted by atomic mass is 10.1. The Balaban J connectivity index is 2.58. The molecular formula is C9H14N2O. The molecule has 0 saturated heterocycles. The highest BCUT2D eigenvalue weighted by molar-refractivity contribution is 5.12. The van der Waals surface area contributed by atoms with Crippen molar-refractivity contribution in [2.75, 3.05) is 6.54 Å². The SMILES string of the molecule is Cc1ccc(CC(O)CN)nc1. The minimum atomic E-state index is -0.472. The van der Waals surface area contributed by atoms with Crippen LogP contribution in [0.1, 0.15) is 11.3 Å². The standard InChI is InChI=1S/C9H14N2O/c1-7-2-3-8(11-6-7)4-9(12)5-10/h2-3,6,9,12H,4-5,10H2,1H3. The van der Waals surface area contributed by atoms with Crippen molar-refractivity contribution in [3.8, 4) is 0 Å². The smallest absolute Gasteiger partial charge is 0.0717 e. The summed E-state index contributed by atoms with van der Waals surface area (Å²) < 4.78 is 0. The summed E-state index contributed by atoms with van der Waals surface area (Å²) >= 11 is 0. The van der Waals surface area contributed by atoms with Gasteiger partial charge in [0, 0.05) is 24.9 Å². The molecule has 3 N–H and O–H groups in total. The number of hydrogen-bond acceptors (Lipinski definition) is 3. The molecule has 0 spiro atoms. The lowest BCUT2D eigenvalue weighted by molar-refractivity contribution is 0.182. The third-order valence-corrected chi connectivity index (χ3v) is 1.69. The molecule has 0 aromatic carbocycles. The molecule has 0 aliphatic heterocycles. The minimum absolute atomic E-state index is 0.287. The van der Waals surface area contributed by atoms with Gasteiger partial charge in [-0.1, -0.05) is 6.07 Å². The van der Waals surface area contributed by atoms with E-state index in [9.17, 15) is 5.11 Å². The van der Waals surface area contributed by atoms with Crippen LogP contribution in [-0.2, 0) is 6.42 Å². The average molecular weight is 166 g/mol. The second-order valence-electron chi connectivity index (χ2n) is 2.92. The third kappa shape index (κ3) is 2.60. The van der Waals surface area contributed by atoms with Gasteiger partial charge in [-0.05, 0) is 18.6 Å². The number of aromatic nitrogens is 1. The molecule has 1 atom stereocenters. The fraction of sp³-hybridized carbons (Fsp3) is 0.444. The third-order valence-electron chi connectivity index (χ3n) is 1.69. The van der Waals surface area contributed by atoms with Crippen molar-refractivity contribution >= 4 is 0 Å². The van der Waals surface area contributed by atoms with E-state index >= 15 is 0 Å². The Bertz CT molecular complexity index is 233. The fourth-order valence-corrected chi connectivity index (χ4v) is 0.944. The molecule has 1 heterocycles. The van der Waals surface area contributed by atoms with Crippen molar-refractivity contribution in [1.82, 2.24) is 4.98 Å². The van der Waals surface area contributed by atoms with Gasteiger partial charge >= 0.3 is 0 Å². The number of aliphatic hydroxyl groups excluding tert-OH is 1. The molecule has 12 heavy (non-hydrogen) atoms. The van der Waals surface area contributed by atoms with Crippen LogP contribution in [0.15, 0.2) is 18.3 Å². The van der Waals surface area contributed by atoms with Crippen LogP contribution in [0.3, 0.4) is 0 Å². The second kappa shape index (κ2) is 4.18. The topological polar surface area (TPSA) is 59.1 Å². The van der Waals surface area contributed by atoms with Gasteiger partial charge in [-0.15, -0.1) is 0 Å². The van der Waals surface area contributed by atoms with Crippen molar-refractivity contribution in [2.45, 2.75) is 19.4 Å². The van der Waals surface area contributed by atoms with Crippen molar-refractivity contribution in [2.24, 2.45) is 5.73 Å². The predicted octanol–water partition coefficient (Wildman–Crippen LogP) is 0.252. The molecule has 3 nitrogen and oxygen atoms in total. The van der Waals surface area contributed by atoms with Gasteiger partial charge < -0.3 is 10.8 Å². The van der Waals surface area contributed by atoms with E-state index in [1.165, 1.54) is 0 Å². The predicted molar refractivity (Wildman–Crippen MR) is 47.7 cm³/mol. The molecule has 0 bridgehead atoms. The van der Waals surface area contributed by atoms with Gasteiger partial charge in [0.25, 0.3) is 0 Å². The van der Waals surface area contributed by atoms with E-state index in [2.05, 4.69) is 4.98 Å². The zero-order chi connectivity index (χ0) is 8.97. The second-order valence-corrected chi connectivity index (χ2v) is 2.92. The lowest BCUT2D eigenvalue weighted by Gasteiger charge is -2.06. The van der Waals surface area contributed by atoms with E-state index in [-0.39, 0.29) is 6.54 Å². The van der Waals surface area contributed by atoms with Gasteiger partial charge in [-0.3, -0.25) is 4.98 Å². The molecule has 1 aromatic rings. The number of rotatable bonds is 3. The van der Waals surface area contributed by atoms with Gasteiger partial charge in [-0.2, -0.15) is 0 Å². The molecule has 0 saturated carbocycles. The normalized spacial score (nSPS) is 12.9. The highest BCUT2D eigenvalue weighted by Gasteiger charge is 2.02. The fourth-order valence-electron chi connectivity index (χ4n) is 0.944. The van der Waals surface area contributed by atoms with Crippen molar-refractivity contribution in [1.29, 1.82) is 0 Å². The average Bonchev–Trinajstić information content (AvgIpc) is 2.09. The van der Waals surface area contributed by atoms with E-state index in [0.717, 1.165) is 11.3 Å². The molecule has 0 fully saturated rings. The number of aliphatic hydroxyl groups is 1. The summed E-state index contributed by atoms with van der Waals surface area (Å²) in [5.74, 6) is 0. The molecular weight excluding hydrogens is 152 g/mol. The molecule has 0 aliphatic carbocycles. The van der Waals surface area contributed by atoms with Crippen molar-refractivity contribution in [3.63, 3.8) is 0 Å². The summed E-state index contributed by atoms with van der Waals surface area (Å²) in [4.78, 5) is 4.15. The van der Waals surface area contributed by atoms with E-state index in [1.54, 1.807) is 6.20 Å². The zero-order valence-electron chi connectivity index (χ0n) is 7.20. The molecule has 0 amide bonds. The highest BCUT2D eigenvalue weighted by Crippen LogP contribution is 2.01. The van der Waals surface area contributed by atoms with Crippen LogP contribution in [0.25, 0.3) is 0 Å². The first-order valence-electron chi connectivity index (χ1n) is 4.02. The first-order chi connectivity index (χ1) is 5.72. The quantitative estimate of drug-likeness (QED) is 0.676. The summed E-state index contributed by atoms with van der Waals surface area (Å²) in [7, 11) is 0. The van der Waals surface area contributed by atoms with E-state index < -0.39 is 6.10 Å². The number of nitrogens with zero attached hydrogens (tertiary/aromatic N) is 1. The first kappa shape index (κ1) is 9.16. The largest absolute Gasteiger partial charge is 0.391 e. The lowest BCUT2D eigenvalue weighted by Crippen LogP contribution is -2.22. The highest BCUT2D eigenvalue weighted by atomic mass is 16.3. The number of aryl methyl sites for hydroxylation is 1. The minimum Gasteiger partial charge on any atom is -0.391 e. The van der Waals surface area contributed by atoms with E-state index in [4.69, 9.17) is 5.73 Å². The summed E-state index contributed by atoms with van der Waals surface area (Å²) in [5, 5.41) is 9.22. The van der Waals surface area contributed by atoms with Gasteiger partial charge in [0.15, 0.2) is 0 Å². The Morgan fingerprint density at radius 2 is 2.33 bits per heavy atom. The van der Waals surface area contributed by atoms with Gasteiger partial charge in [0.1, 0.15) is 0 Å². The monoisotopic (exact) mass is 166 g/mol. The van der Waals surface area contributed by atoms with Crippen molar-refractivity contribution in [3.05, 3.63) is 29.6 Å². The van der Waals surface area contributed by atoms with Crippen LogP contribution >= 0.6 is 0 Å². The summed E-state index contributed by atoms with van der Waals surface area (Å²) in [6.07, 6.45) is 1.86. The maximum Gasteiger partial charge on any atom is 0.0717 e. The maximum absolute atomic E-state index is 9.22. The summed E-state index contributed by atoms with van der Waals surface area (Å²) in [6.45, 7) is 2.27. The molecule has 0 radical (unpaired) electrons. The molecule has 0 aliphatic rings. The van der Waals surface area contributed by atoms with Gasteiger partial charge in [0.2, 0.25) is 0 Å². The van der Waals surface area contributed by atoms with E-state index in [1.807, 2.05) is 19.1 Å². The van der Waals surface area contributed by atoms with Crippen LogP contribution in [0, 0.1) is 6.92 Å². The van der Waals surface area contributed by atoms with E-state index in [0.29, 0.717) is 6.42 Å². The Hall–Kier alpha value is -0.930. The van der Waals surface area contributed by atoms with Crippen LogP contribution < -0.4 is 5.73 Å². The molecule has 3 heteroatoms. The zero-order valence-corrected chi connectivity index (χ0v) is 7.20. The van der Waals surface area contributed by atoms with Gasteiger partial charge in [0.05, 0.1) is 6.10 Å². The Morgan fingerprint density at radius 1 is 1.58 bits per heavy atom. The number of pyridine rings is 1. The molecule has 66 valence electrons. The van der Waals surface area contributed by atoms with Crippen LogP contribution in [0.5, 0.6) is 0 Å². The van der Waals surface area contributed by atoms with Crippen molar-refractivity contribution < 1.29 is 5.11 Å². The summed E-state index contributed by atoms with van der Waals surface area (Å²) in [5.41, 5.74) is 7.29. The number of nitrogens with two attached hydrogens (primary N) is 1. The number of hydrogen-bond donors (Lipinski definition) is 2. The first-order valence-corrected chi connectivity index (χ1v) is 4.02. The van der Waals surface area contributed by atoms with Crippen LogP contribution in [0.2, 0.25) is 0 Å². The Labute approximate surface area is 72.2 Å². The maximum atomic E-state index is 9.22.